The van der Waals surface area contributed by atoms with E-state index < -0.39 is 21.1 Å². The first kappa shape index (κ1) is 19.7. The Labute approximate surface area is 169 Å². The first-order valence-corrected chi connectivity index (χ1v) is 10.9. The molecule has 0 saturated carbocycles. The molecule has 3 rings (SSSR count). The molecule has 3 atom stereocenters. The van der Waals surface area contributed by atoms with Gasteiger partial charge in [-0.05, 0) is 30.1 Å². The summed E-state index contributed by atoms with van der Waals surface area (Å²) in [6.45, 7) is 6.01. The molecule has 2 heterocycles. The fourth-order valence-electron chi connectivity index (χ4n) is 4.17. The lowest BCUT2D eigenvalue weighted by Gasteiger charge is -2.49. The quantitative estimate of drug-likeness (QED) is 0.734. The number of thioether (sulfide) groups is 2. The molecule has 1 aromatic rings. The van der Waals surface area contributed by atoms with Crippen LogP contribution in [0.5, 0.6) is 0 Å². The Morgan fingerprint density at radius 2 is 1.78 bits per heavy atom. The molecule has 2 aliphatic heterocycles. The summed E-state index contributed by atoms with van der Waals surface area (Å²) in [4.78, 5) is 4.83. The topological polar surface area (TPSA) is 98.0 Å². The van der Waals surface area contributed by atoms with Crippen LogP contribution in [0.15, 0.2) is 47.1 Å². The number of nitriles is 2. The lowest BCUT2D eigenvalue weighted by molar-refractivity contribution is 0.218. The van der Waals surface area contributed by atoms with Crippen LogP contribution in [-0.4, -0.2) is 21.5 Å². The maximum atomic E-state index is 10.5. The van der Waals surface area contributed by atoms with Gasteiger partial charge in [-0.2, -0.15) is 10.5 Å². The van der Waals surface area contributed by atoms with Crippen LogP contribution in [0.3, 0.4) is 0 Å². The summed E-state index contributed by atoms with van der Waals surface area (Å²) >= 11 is 3.17. The highest BCUT2D eigenvalue weighted by molar-refractivity contribution is 8.18. The average molecular weight is 398 g/mol. The Bertz CT molecular complexity index is 861. The molecule has 0 unspecified atom stereocenters. The van der Waals surface area contributed by atoms with Gasteiger partial charge >= 0.3 is 0 Å². The van der Waals surface area contributed by atoms with Gasteiger partial charge in [-0.1, -0.05) is 44.2 Å². The molecule has 0 aliphatic carbocycles. The van der Waals surface area contributed by atoms with Gasteiger partial charge < -0.3 is 11.1 Å². The number of benzene rings is 1. The van der Waals surface area contributed by atoms with Crippen molar-refractivity contribution in [3.63, 3.8) is 0 Å². The summed E-state index contributed by atoms with van der Waals surface area (Å²) in [6, 6.07) is 14.2. The molecule has 3 N–H and O–H groups in total. The van der Waals surface area contributed by atoms with Crippen LogP contribution in [0.1, 0.15) is 32.4 Å². The van der Waals surface area contributed by atoms with Crippen LogP contribution < -0.4 is 11.1 Å². The van der Waals surface area contributed by atoms with E-state index in [-0.39, 0.29) is 5.84 Å². The molecule has 140 valence electrons. The Hall–Kier alpha value is -2.09. The Morgan fingerprint density at radius 1 is 1.15 bits per heavy atom. The fourth-order valence-corrected chi connectivity index (χ4v) is 7.31. The average Bonchev–Trinajstić information content (AvgIpc) is 2.88. The molecule has 0 aromatic heterocycles. The number of hydrogen-bond acceptors (Lipinski definition) is 7. The SMILES string of the molecule is CCSC1(SCC)N=C(N)[C@]2(C#N)[C@@H](c3ccccc3)NC(C)=C[C@]12C#N. The van der Waals surface area contributed by atoms with Crippen LogP contribution in [0.25, 0.3) is 0 Å². The first-order valence-electron chi connectivity index (χ1n) is 8.94. The standard InChI is InChI=1S/C20H23N5S2/c1-4-26-20(27-5-2)18(12-21)11-14(3)24-16(15-9-7-6-8-10-15)19(18,13-22)17(23)25-20/h6-11,16,24H,4-5H2,1-3H3,(H2,23,25)/t16-,18-,19+/m1/s1. The predicted octanol–water partition coefficient (Wildman–Crippen LogP) is 3.79. The van der Waals surface area contributed by atoms with Gasteiger partial charge in [0.25, 0.3) is 0 Å². The van der Waals surface area contributed by atoms with Gasteiger partial charge in [-0.25, -0.2) is 4.99 Å². The smallest absolute Gasteiger partial charge is 0.178 e. The normalized spacial score (nSPS) is 30.9. The van der Waals surface area contributed by atoms with Crippen LogP contribution >= 0.6 is 23.5 Å². The molecule has 0 spiro atoms. The van der Waals surface area contributed by atoms with Crippen LogP contribution in [-0.2, 0) is 0 Å². The zero-order valence-electron chi connectivity index (χ0n) is 15.7. The van der Waals surface area contributed by atoms with Crippen molar-refractivity contribution in [3.05, 3.63) is 47.7 Å². The Kier molecular flexibility index (Phi) is 5.20. The monoisotopic (exact) mass is 397 g/mol. The third-order valence-electron chi connectivity index (χ3n) is 5.20. The van der Waals surface area contributed by atoms with E-state index >= 15 is 0 Å². The summed E-state index contributed by atoms with van der Waals surface area (Å²) in [6.07, 6.45) is 1.88. The summed E-state index contributed by atoms with van der Waals surface area (Å²) in [5.41, 5.74) is 5.81. The second kappa shape index (κ2) is 7.14. The van der Waals surface area contributed by atoms with E-state index in [0.717, 1.165) is 22.8 Å². The van der Waals surface area contributed by atoms with Crippen molar-refractivity contribution in [1.29, 1.82) is 10.5 Å². The van der Waals surface area contributed by atoms with E-state index in [9.17, 15) is 10.5 Å². The van der Waals surface area contributed by atoms with Crippen molar-refractivity contribution < 1.29 is 0 Å². The molecule has 0 saturated heterocycles. The van der Waals surface area contributed by atoms with Crippen LogP contribution in [0.4, 0.5) is 0 Å². The van der Waals surface area contributed by atoms with Crippen molar-refractivity contribution >= 4 is 29.4 Å². The summed E-state index contributed by atoms with van der Waals surface area (Å²) < 4.78 is -0.846. The van der Waals surface area contributed by atoms with Crippen LogP contribution in [0.2, 0.25) is 0 Å². The molecular weight excluding hydrogens is 374 g/mol. The van der Waals surface area contributed by atoms with E-state index in [0.29, 0.717) is 0 Å². The fraction of sp³-hybridized carbons (Fsp3) is 0.450. The lowest BCUT2D eigenvalue weighted by Crippen LogP contribution is -2.59. The molecule has 5 nitrogen and oxygen atoms in total. The number of allylic oxidation sites excluding steroid dienone is 1. The van der Waals surface area contributed by atoms with Crippen molar-refractivity contribution in [3.8, 4) is 12.1 Å². The van der Waals surface area contributed by atoms with Crippen molar-refractivity contribution in [2.45, 2.75) is 31.0 Å². The van der Waals surface area contributed by atoms with E-state index in [1.165, 1.54) is 0 Å². The van der Waals surface area contributed by atoms with Crippen molar-refractivity contribution in [2.24, 2.45) is 21.6 Å². The van der Waals surface area contributed by atoms with Crippen molar-refractivity contribution in [2.75, 3.05) is 11.5 Å². The zero-order valence-corrected chi connectivity index (χ0v) is 17.3. The van der Waals surface area contributed by atoms with Gasteiger partial charge in [0.2, 0.25) is 0 Å². The molecule has 7 heteroatoms. The minimum atomic E-state index is -1.28. The predicted molar refractivity (Wildman–Crippen MR) is 113 cm³/mol. The summed E-state index contributed by atoms with van der Waals surface area (Å²) in [5.74, 6) is 1.77. The zero-order chi connectivity index (χ0) is 19.7. The molecule has 2 aliphatic rings. The highest BCUT2D eigenvalue weighted by Gasteiger charge is 2.74. The second-order valence-electron chi connectivity index (χ2n) is 6.60. The molecule has 1 aromatic carbocycles. The molecule has 27 heavy (non-hydrogen) atoms. The minimum Gasteiger partial charge on any atom is -0.386 e. The van der Waals surface area contributed by atoms with E-state index in [1.54, 1.807) is 23.5 Å². The minimum absolute atomic E-state index is 0.235. The van der Waals surface area contributed by atoms with Gasteiger partial charge in [0.05, 0.1) is 18.2 Å². The second-order valence-corrected chi connectivity index (χ2v) is 9.77. The third kappa shape index (κ3) is 2.49. The van der Waals surface area contributed by atoms with Gasteiger partial charge in [-0.15, -0.1) is 23.5 Å². The Balaban J connectivity index is 2.35. The molecule has 0 radical (unpaired) electrons. The van der Waals surface area contributed by atoms with E-state index in [2.05, 4.69) is 17.5 Å². The van der Waals surface area contributed by atoms with Crippen molar-refractivity contribution in [1.82, 2.24) is 5.32 Å². The van der Waals surface area contributed by atoms with E-state index in [1.807, 2.05) is 57.2 Å². The molecule has 0 amide bonds. The molecule has 0 fully saturated rings. The Morgan fingerprint density at radius 3 is 2.30 bits per heavy atom. The number of nitrogens with one attached hydrogen (secondary N) is 1. The van der Waals surface area contributed by atoms with E-state index in [4.69, 9.17) is 10.7 Å². The largest absolute Gasteiger partial charge is 0.386 e. The van der Waals surface area contributed by atoms with Gasteiger partial charge in [0, 0.05) is 5.70 Å². The van der Waals surface area contributed by atoms with Gasteiger partial charge in [-0.3, -0.25) is 0 Å². The summed E-state index contributed by atoms with van der Waals surface area (Å²) in [7, 11) is 0. The van der Waals surface area contributed by atoms with Gasteiger partial charge in [0.15, 0.2) is 9.62 Å². The number of aliphatic imine (C=N–C) groups is 1. The number of nitrogens with two attached hydrogens (primary N) is 1. The number of fused-ring (bicyclic) bond motifs is 1. The lowest BCUT2D eigenvalue weighted by atomic mass is 9.58. The maximum absolute atomic E-state index is 10.5. The van der Waals surface area contributed by atoms with Gasteiger partial charge in [0.1, 0.15) is 11.3 Å². The number of hydrogen-bond donors (Lipinski definition) is 2. The number of nitrogens with zero attached hydrogens (tertiary/aromatic N) is 3. The maximum Gasteiger partial charge on any atom is 0.178 e. The third-order valence-corrected chi connectivity index (χ3v) is 8.09. The first-order chi connectivity index (χ1) is 13.0. The highest BCUT2D eigenvalue weighted by Crippen LogP contribution is 2.68. The number of rotatable bonds is 5. The highest BCUT2D eigenvalue weighted by atomic mass is 32.2. The number of amidine groups is 1. The molecular formula is C20H23N5S2. The van der Waals surface area contributed by atoms with Crippen LogP contribution in [0, 0.1) is 33.5 Å². The summed E-state index contributed by atoms with van der Waals surface area (Å²) in [5, 5.41) is 24.4. The molecule has 0 bridgehead atoms.